The van der Waals surface area contributed by atoms with E-state index in [-0.39, 0.29) is 0 Å². The highest BCUT2D eigenvalue weighted by atomic mass is 16.5. The predicted molar refractivity (Wildman–Crippen MR) is 80.7 cm³/mol. The number of rotatable bonds is 5. The first-order valence-electron chi connectivity index (χ1n) is 7.46. The highest BCUT2D eigenvalue weighted by molar-refractivity contribution is 5.27. The molecule has 0 spiro atoms. The van der Waals surface area contributed by atoms with Crippen LogP contribution in [0.5, 0.6) is 5.75 Å². The molecule has 2 rings (SSSR count). The zero-order valence-corrected chi connectivity index (χ0v) is 12.3. The van der Waals surface area contributed by atoms with Gasteiger partial charge >= 0.3 is 0 Å². The van der Waals surface area contributed by atoms with Crippen LogP contribution in [0.1, 0.15) is 31.7 Å². The Balaban J connectivity index is 1.72. The molecule has 4 nitrogen and oxygen atoms in total. The first-order chi connectivity index (χ1) is 9.59. The van der Waals surface area contributed by atoms with E-state index in [0.717, 1.165) is 50.2 Å². The molecule has 1 saturated heterocycles. The quantitative estimate of drug-likeness (QED) is 0.861. The molecule has 3 N–H and O–H groups in total. The van der Waals surface area contributed by atoms with Crippen LogP contribution < -0.4 is 10.5 Å². The zero-order valence-electron chi connectivity index (χ0n) is 12.3. The van der Waals surface area contributed by atoms with Gasteiger partial charge in [0.05, 0.1) is 5.60 Å². The summed E-state index contributed by atoms with van der Waals surface area (Å²) in [7, 11) is 0. The highest BCUT2D eigenvalue weighted by Crippen LogP contribution is 2.21. The molecule has 1 atom stereocenters. The van der Waals surface area contributed by atoms with Gasteiger partial charge in [-0.05, 0) is 50.4 Å². The van der Waals surface area contributed by atoms with Crippen molar-refractivity contribution in [2.75, 3.05) is 26.2 Å². The lowest BCUT2D eigenvalue weighted by Crippen LogP contribution is -2.31. The van der Waals surface area contributed by atoms with Crippen LogP contribution in [0.3, 0.4) is 0 Å². The van der Waals surface area contributed by atoms with Crippen LogP contribution in [-0.4, -0.2) is 41.8 Å². The lowest BCUT2D eigenvalue weighted by molar-refractivity contribution is 0.0442. The van der Waals surface area contributed by atoms with Crippen molar-refractivity contribution >= 4 is 0 Å². The van der Waals surface area contributed by atoms with Gasteiger partial charge in [-0.3, -0.25) is 4.90 Å². The van der Waals surface area contributed by atoms with Crippen molar-refractivity contribution in [2.24, 2.45) is 5.73 Å². The van der Waals surface area contributed by atoms with Crippen LogP contribution in [0.25, 0.3) is 0 Å². The summed E-state index contributed by atoms with van der Waals surface area (Å²) in [6.07, 6.45) is 2.79. The summed E-state index contributed by atoms with van der Waals surface area (Å²) < 4.78 is 5.76. The van der Waals surface area contributed by atoms with Gasteiger partial charge in [-0.1, -0.05) is 12.1 Å². The third-order valence-electron chi connectivity index (χ3n) is 3.99. The van der Waals surface area contributed by atoms with Crippen molar-refractivity contribution in [3.8, 4) is 5.75 Å². The normalized spacial score (nSPS) is 24.4. The lowest BCUT2D eigenvalue weighted by atomic mass is 9.98. The van der Waals surface area contributed by atoms with Crippen molar-refractivity contribution < 1.29 is 9.84 Å². The van der Waals surface area contributed by atoms with Gasteiger partial charge in [-0.2, -0.15) is 0 Å². The number of ether oxygens (including phenoxy) is 1. The minimum atomic E-state index is -0.492. The van der Waals surface area contributed by atoms with Crippen LogP contribution in [0.2, 0.25) is 0 Å². The third kappa shape index (κ3) is 4.78. The monoisotopic (exact) mass is 278 g/mol. The second kappa shape index (κ2) is 7.07. The van der Waals surface area contributed by atoms with Gasteiger partial charge in [0, 0.05) is 19.6 Å². The second-order valence-corrected chi connectivity index (χ2v) is 5.89. The Morgan fingerprint density at radius 3 is 2.70 bits per heavy atom. The Labute approximate surface area is 121 Å². The van der Waals surface area contributed by atoms with E-state index in [4.69, 9.17) is 10.5 Å². The molecule has 1 heterocycles. The van der Waals surface area contributed by atoms with Crippen molar-refractivity contribution in [2.45, 2.75) is 38.3 Å². The number of aliphatic hydroxyl groups is 1. The van der Waals surface area contributed by atoms with Gasteiger partial charge in [-0.15, -0.1) is 0 Å². The summed E-state index contributed by atoms with van der Waals surface area (Å²) in [4.78, 5) is 2.37. The molecule has 0 radical (unpaired) electrons. The molecule has 20 heavy (non-hydrogen) atoms. The van der Waals surface area contributed by atoms with Crippen LogP contribution in [0.4, 0.5) is 0 Å². The molecule has 1 unspecified atom stereocenters. The molecule has 0 amide bonds. The summed E-state index contributed by atoms with van der Waals surface area (Å²) in [5.74, 6) is 0.893. The van der Waals surface area contributed by atoms with E-state index >= 15 is 0 Å². The lowest BCUT2D eigenvalue weighted by Gasteiger charge is -2.22. The zero-order chi connectivity index (χ0) is 14.4. The molecule has 112 valence electrons. The van der Waals surface area contributed by atoms with Crippen LogP contribution in [-0.2, 0) is 6.54 Å². The Hall–Kier alpha value is -1.10. The van der Waals surface area contributed by atoms with E-state index in [2.05, 4.69) is 4.90 Å². The Kier molecular flexibility index (Phi) is 5.40. The fraction of sp³-hybridized carbons (Fsp3) is 0.625. The van der Waals surface area contributed by atoms with Crippen molar-refractivity contribution in [1.29, 1.82) is 0 Å². The fourth-order valence-electron chi connectivity index (χ4n) is 2.56. The standard InChI is InChI=1S/C16H26N2O2/c1-16(19)7-2-9-18(10-8-16)11-12-20-15-5-3-14(13-17)4-6-15/h3-6,19H,2,7-13,17H2,1H3. The van der Waals surface area contributed by atoms with E-state index in [9.17, 15) is 5.11 Å². The summed E-state index contributed by atoms with van der Waals surface area (Å²) in [5.41, 5.74) is 6.19. The Morgan fingerprint density at radius 2 is 2.00 bits per heavy atom. The minimum absolute atomic E-state index is 0.492. The van der Waals surface area contributed by atoms with Crippen molar-refractivity contribution in [3.63, 3.8) is 0 Å². The predicted octanol–water partition coefficient (Wildman–Crippen LogP) is 1.76. The average molecular weight is 278 g/mol. The maximum Gasteiger partial charge on any atom is 0.119 e. The van der Waals surface area contributed by atoms with E-state index in [1.54, 1.807) is 0 Å². The second-order valence-electron chi connectivity index (χ2n) is 5.89. The number of nitrogens with two attached hydrogens (primary N) is 1. The van der Waals surface area contributed by atoms with Gasteiger partial charge in [0.1, 0.15) is 12.4 Å². The molecule has 0 saturated carbocycles. The van der Waals surface area contributed by atoms with Crippen molar-refractivity contribution in [1.82, 2.24) is 4.90 Å². The highest BCUT2D eigenvalue weighted by Gasteiger charge is 2.24. The van der Waals surface area contributed by atoms with Gasteiger partial charge < -0.3 is 15.6 Å². The molecular formula is C16H26N2O2. The Bertz CT molecular complexity index is 403. The molecule has 0 aromatic heterocycles. The van der Waals surface area contributed by atoms with Gasteiger partial charge in [-0.25, -0.2) is 0 Å². The molecule has 1 aliphatic rings. The molecule has 1 fully saturated rings. The maximum atomic E-state index is 10.1. The summed E-state index contributed by atoms with van der Waals surface area (Å²) >= 11 is 0. The molecular weight excluding hydrogens is 252 g/mol. The van der Waals surface area contributed by atoms with E-state index in [1.165, 1.54) is 0 Å². The maximum absolute atomic E-state index is 10.1. The summed E-state index contributed by atoms with van der Waals surface area (Å²) in [6, 6.07) is 7.93. The molecule has 4 heteroatoms. The SMILES string of the molecule is CC1(O)CCCN(CCOc2ccc(CN)cc2)CC1. The first-order valence-corrected chi connectivity index (χ1v) is 7.46. The summed E-state index contributed by atoms with van der Waals surface area (Å²) in [6.45, 7) is 6.09. The molecule has 0 aliphatic carbocycles. The topological polar surface area (TPSA) is 58.7 Å². The van der Waals surface area contributed by atoms with Crippen LogP contribution >= 0.6 is 0 Å². The number of benzene rings is 1. The number of likely N-dealkylation sites (tertiary alicyclic amines) is 1. The number of nitrogens with zero attached hydrogens (tertiary/aromatic N) is 1. The van der Waals surface area contributed by atoms with E-state index < -0.39 is 5.60 Å². The smallest absolute Gasteiger partial charge is 0.119 e. The molecule has 1 aromatic carbocycles. The third-order valence-corrected chi connectivity index (χ3v) is 3.99. The summed E-state index contributed by atoms with van der Waals surface area (Å²) in [5, 5.41) is 10.1. The largest absolute Gasteiger partial charge is 0.492 e. The van der Waals surface area contributed by atoms with Crippen LogP contribution in [0, 0.1) is 0 Å². The van der Waals surface area contributed by atoms with Gasteiger partial charge in [0.25, 0.3) is 0 Å². The van der Waals surface area contributed by atoms with Crippen molar-refractivity contribution in [3.05, 3.63) is 29.8 Å². The average Bonchev–Trinajstić information content (AvgIpc) is 2.61. The molecule has 1 aliphatic heterocycles. The Morgan fingerprint density at radius 1 is 1.25 bits per heavy atom. The fourth-order valence-corrected chi connectivity index (χ4v) is 2.56. The molecule has 1 aromatic rings. The number of hydrogen-bond acceptors (Lipinski definition) is 4. The first kappa shape index (κ1) is 15.3. The van der Waals surface area contributed by atoms with E-state index in [1.807, 2.05) is 31.2 Å². The minimum Gasteiger partial charge on any atom is -0.492 e. The number of hydrogen-bond donors (Lipinski definition) is 2. The van der Waals surface area contributed by atoms with Crippen LogP contribution in [0.15, 0.2) is 24.3 Å². The molecule has 0 bridgehead atoms. The van der Waals surface area contributed by atoms with Gasteiger partial charge in [0.15, 0.2) is 0 Å². The van der Waals surface area contributed by atoms with E-state index in [0.29, 0.717) is 13.2 Å². The van der Waals surface area contributed by atoms with Gasteiger partial charge in [0.2, 0.25) is 0 Å².